The molecule has 1 aromatic carbocycles. The summed E-state index contributed by atoms with van der Waals surface area (Å²) in [6.45, 7) is 2.11. The summed E-state index contributed by atoms with van der Waals surface area (Å²) in [6, 6.07) is 2.78. The van der Waals surface area contributed by atoms with Gasteiger partial charge in [-0.2, -0.15) is 0 Å². The molecule has 8 heteroatoms. The molecule has 0 saturated heterocycles. The Kier molecular flexibility index (Phi) is 4.44. The summed E-state index contributed by atoms with van der Waals surface area (Å²) in [6.07, 6.45) is 1.86. The second kappa shape index (κ2) is 5.63. The molecule has 20 heavy (non-hydrogen) atoms. The highest BCUT2D eigenvalue weighted by Crippen LogP contribution is 2.31. The van der Waals surface area contributed by atoms with Crippen molar-refractivity contribution in [3.05, 3.63) is 27.2 Å². The van der Waals surface area contributed by atoms with Crippen molar-refractivity contribution in [2.24, 2.45) is 11.1 Å². The van der Waals surface area contributed by atoms with E-state index in [2.05, 4.69) is 28.2 Å². The summed E-state index contributed by atoms with van der Waals surface area (Å²) in [7, 11) is -3.95. The van der Waals surface area contributed by atoms with Gasteiger partial charge in [-0.05, 0) is 46.8 Å². The van der Waals surface area contributed by atoms with Gasteiger partial charge in [-0.1, -0.05) is 18.5 Å². The number of nitrogens with one attached hydrogen (secondary N) is 1. The van der Waals surface area contributed by atoms with Crippen LogP contribution in [0.1, 0.15) is 30.1 Å². The Morgan fingerprint density at radius 3 is 2.55 bits per heavy atom. The number of carbonyl (C=O) groups excluding carboxylic acids is 1. The first-order valence-electron chi connectivity index (χ1n) is 6.01. The highest BCUT2D eigenvalue weighted by atomic mass is 79.9. The summed E-state index contributed by atoms with van der Waals surface area (Å²) in [5.41, 5.74) is 0.182. The Labute approximate surface area is 131 Å². The Morgan fingerprint density at radius 2 is 2.05 bits per heavy atom. The van der Waals surface area contributed by atoms with E-state index >= 15 is 0 Å². The van der Waals surface area contributed by atoms with E-state index in [1.54, 1.807) is 0 Å². The van der Waals surface area contributed by atoms with E-state index in [4.69, 9.17) is 16.7 Å². The molecule has 0 atom stereocenters. The van der Waals surface area contributed by atoms with E-state index < -0.39 is 10.0 Å². The monoisotopic (exact) mass is 380 g/mol. The van der Waals surface area contributed by atoms with Crippen LogP contribution in [0.15, 0.2) is 21.5 Å². The molecule has 0 bridgehead atoms. The molecule has 110 valence electrons. The van der Waals surface area contributed by atoms with Crippen LogP contribution in [-0.2, 0) is 10.0 Å². The number of nitrogens with two attached hydrogens (primary N) is 1. The van der Waals surface area contributed by atoms with Crippen molar-refractivity contribution in [1.82, 2.24) is 5.32 Å². The maximum absolute atomic E-state index is 12.1. The number of carbonyl (C=O) groups is 1. The highest BCUT2D eigenvalue weighted by molar-refractivity contribution is 9.10. The molecule has 2 rings (SSSR count). The Bertz CT molecular complexity index is 657. The van der Waals surface area contributed by atoms with Gasteiger partial charge in [0.1, 0.15) is 0 Å². The van der Waals surface area contributed by atoms with Gasteiger partial charge in [-0.25, -0.2) is 13.6 Å². The third kappa shape index (κ3) is 3.33. The number of sulfonamides is 1. The quantitative estimate of drug-likeness (QED) is 0.841. The van der Waals surface area contributed by atoms with Crippen LogP contribution < -0.4 is 10.5 Å². The van der Waals surface area contributed by atoms with E-state index in [0.717, 1.165) is 12.8 Å². The van der Waals surface area contributed by atoms with Gasteiger partial charge in [0.05, 0.1) is 14.4 Å². The molecule has 0 aromatic heterocycles. The largest absolute Gasteiger partial charge is 0.349 e. The van der Waals surface area contributed by atoms with Gasteiger partial charge in [-0.3, -0.25) is 4.79 Å². The standard InChI is InChI=1S/C12H14BrClN2O3S/c1-6-2-8(3-6)16-12(17)7-4-9(14)11(13)10(5-7)20(15,18)19/h4-6,8H,2-3H2,1H3,(H,16,17)(H2,15,18,19). The zero-order valence-electron chi connectivity index (χ0n) is 10.7. The first-order chi connectivity index (χ1) is 9.18. The fourth-order valence-corrected chi connectivity index (χ4v) is 4.02. The number of amides is 1. The Morgan fingerprint density at radius 1 is 1.45 bits per heavy atom. The number of primary sulfonamides is 1. The van der Waals surface area contributed by atoms with Crippen molar-refractivity contribution < 1.29 is 13.2 Å². The minimum Gasteiger partial charge on any atom is -0.349 e. The fraction of sp³-hybridized carbons (Fsp3) is 0.417. The minimum absolute atomic E-state index is 0.128. The summed E-state index contributed by atoms with van der Waals surface area (Å²) in [5, 5.41) is 8.07. The molecule has 1 fully saturated rings. The van der Waals surface area contributed by atoms with Gasteiger partial charge in [0.15, 0.2) is 0 Å². The zero-order valence-corrected chi connectivity index (χ0v) is 13.8. The summed E-state index contributed by atoms with van der Waals surface area (Å²) in [5.74, 6) is 0.259. The van der Waals surface area contributed by atoms with Crippen LogP contribution in [-0.4, -0.2) is 20.4 Å². The van der Waals surface area contributed by atoms with Crippen LogP contribution in [0.5, 0.6) is 0 Å². The molecule has 1 amide bonds. The van der Waals surface area contributed by atoms with E-state index in [0.29, 0.717) is 5.92 Å². The number of rotatable bonds is 3. The van der Waals surface area contributed by atoms with Crippen molar-refractivity contribution in [1.29, 1.82) is 0 Å². The van der Waals surface area contributed by atoms with Crippen LogP contribution >= 0.6 is 27.5 Å². The molecule has 1 saturated carbocycles. The van der Waals surface area contributed by atoms with E-state index in [1.165, 1.54) is 12.1 Å². The lowest BCUT2D eigenvalue weighted by Crippen LogP contribution is -2.43. The van der Waals surface area contributed by atoms with Gasteiger partial charge in [0.25, 0.3) is 5.91 Å². The van der Waals surface area contributed by atoms with Gasteiger partial charge < -0.3 is 5.32 Å². The average Bonchev–Trinajstić information content (AvgIpc) is 2.28. The van der Waals surface area contributed by atoms with Crippen molar-refractivity contribution in [3.8, 4) is 0 Å². The summed E-state index contributed by atoms with van der Waals surface area (Å²) >= 11 is 8.99. The van der Waals surface area contributed by atoms with Crippen LogP contribution in [0.3, 0.4) is 0 Å². The molecule has 3 N–H and O–H groups in total. The number of hydrogen-bond donors (Lipinski definition) is 2. The van der Waals surface area contributed by atoms with Crippen LogP contribution in [0.25, 0.3) is 0 Å². The molecule has 5 nitrogen and oxygen atoms in total. The second-order valence-electron chi connectivity index (χ2n) is 5.06. The Balaban J connectivity index is 2.28. The van der Waals surface area contributed by atoms with Crippen LogP contribution in [0, 0.1) is 5.92 Å². The lowest BCUT2D eigenvalue weighted by Gasteiger charge is -2.33. The smallest absolute Gasteiger partial charge is 0.251 e. The summed E-state index contributed by atoms with van der Waals surface area (Å²) < 4.78 is 23.1. The topological polar surface area (TPSA) is 89.3 Å². The molecule has 0 aliphatic heterocycles. The first-order valence-corrected chi connectivity index (χ1v) is 8.73. The number of hydrogen-bond acceptors (Lipinski definition) is 3. The molecule has 0 unspecified atom stereocenters. The maximum atomic E-state index is 12.1. The first kappa shape index (κ1) is 15.8. The molecule has 0 radical (unpaired) electrons. The molecule has 0 heterocycles. The van der Waals surface area contributed by atoms with E-state index in [1.807, 2.05) is 0 Å². The third-order valence-corrected chi connectivity index (χ3v) is 5.85. The molecule has 1 aliphatic rings. The van der Waals surface area contributed by atoms with Crippen molar-refractivity contribution in [2.75, 3.05) is 0 Å². The Hall–Kier alpha value is -0.630. The van der Waals surface area contributed by atoms with E-state index in [9.17, 15) is 13.2 Å². The summed E-state index contributed by atoms with van der Waals surface area (Å²) in [4.78, 5) is 11.9. The second-order valence-corrected chi connectivity index (χ2v) is 7.79. The minimum atomic E-state index is -3.95. The predicted molar refractivity (Wildman–Crippen MR) is 80.2 cm³/mol. The predicted octanol–water partition coefficient (Wildman–Crippen LogP) is 2.28. The molecule has 0 spiro atoms. The highest BCUT2D eigenvalue weighted by Gasteiger charge is 2.27. The van der Waals surface area contributed by atoms with Crippen molar-refractivity contribution in [2.45, 2.75) is 30.7 Å². The normalized spacial score (nSPS) is 22.2. The lowest BCUT2D eigenvalue weighted by molar-refractivity contribution is 0.0896. The SMILES string of the molecule is CC1CC(NC(=O)c2cc(Cl)c(Br)c(S(N)(=O)=O)c2)C1. The zero-order chi connectivity index (χ0) is 15.1. The van der Waals surface area contributed by atoms with Gasteiger partial charge >= 0.3 is 0 Å². The van der Waals surface area contributed by atoms with Gasteiger partial charge in [-0.15, -0.1) is 0 Å². The molecule has 1 aliphatic carbocycles. The van der Waals surface area contributed by atoms with Crippen molar-refractivity contribution in [3.63, 3.8) is 0 Å². The fourth-order valence-electron chi connectivity index (χ4n) is 2.19. The molecular formula is C12H14BrClN2O3S. The molecule has 1 aromatic rings. The number of halogens is 2. The third-order valence-electron chi connectivity index (χ3n) is 3.27. The number of benzene rings is 1. The van der Waals surface area contributed by atoms with Crippen LogP contribution in [0.2, 0.25) is 5.02 Å². The molecular weight excluding hydrogens is 368 g/mol. The average molecular weight is 382 g/mol. The lowest BCUT2D eigenvalue weighted by atomic mass is 9.82. The van der Waals surface area contributed by atoms with Crippen molar-refractivity contribution >= 4 is 43.5 Å². The van der Waals surface area contributed by atoms with Gasteiger partial charge in [0, 0.05) is 11.6 Å². The van der Waals surface area contributed by atoms with E-state index in [-0.39, 0.29) is 31.9 Å². The maximum Gasteiger partial charge on any atom is 0.251 e. The van der Waals surface area contributed by atoms with Crippen LogP contribution in [0.4, 0.5) is 0 Å². The van der Waals surface area contributed by atoms with Gasteiger partial charge in [0.2, 0.25) is 10.0 Å².